The Morgan fingerprint density at radius 2 is 1.64 bits per heavy atom. The van der Waals surface area contributed by atoms with Crippen molar-refractivity contribution in [2.24, 2.45) is 0 Å². The third-order valence-electron chi connectivity index (χ3n) is 4.77. The van der Waals surface area contributed by atoms with Crippen LogP contribution >= 0.6 is 11.3 Å². The Bertz CT molecular complexity index is 914. The Kier molecular flexibility index (Phi) is 6.60. The summed E-state index contributed by atoms with van der Waals surface area (Å²) in [6.07, 6.45) is 0.302. The highest BCUT2D eigenvalue weighted by Crippen LogP contribution is 2.24. The van der Waals surface area contributed by atoms with Crippen molar-refractivity contribution in [1.29, 1.82) is 0 Å². The number of nitrogens with zero attached hydrogens (tertiary/aromatic N) is 2. The summed E-state index contributed by atoms with van der Waals surface area (Å²) in [6.45, 7) is 4.72. The number of carbonyl (C=O) groups excluding carboxylic acids is 1. The van der Waals surface area contributed by atoms with E-state index >= 15 is 0 Å². The Balaban J connectivity index is 1.59. The summed E-state index contributed by atoms with van der Waals surface area (Å²) in [6, 6.07) is 16.9. The predicted octanol–water partition coefficient (Wildman–Crippen LogP) is 4.39. The molecule has 3 aromatic rings. The normalized spacial score (nSPS) is 12.2. The van der Waals surface area contributed by atoms with Crippen LogP contribution in [0.15, 0.2) is 53.9 Å². The topological polar surface area (TPSA) is 45.2 Å². The van der Waals surface area contributed by atoms with Crippen molar-refractivity contribution in [2.45, 2.75) is 26.3 Å². The van der Waals surface area contributed by atoms with E-state index in [-0.39, 0.29) is 11.9 Å². The highest BCUT2D eigenvalue weighted by molar-refractivity contribution is 7.13. The van der Waals surface area contributed by atoms with Crippen LogP contribution in [0.4, 0.5) is 0 Å². The number of thiazole rings is 1. The van der Waals surface area contributed by atoms with Gasteiger partial charge in [0, 0.05) is 17.5 Å². The van der Waals surface area contributed by atoms with E-state index in [1.807, 2.05) is 19.5 Å². The molecule has 146 valence electrons. The SMILES string of the molecule is Cc1ccc(-c2nc(CC(=O)NCC(c3ccc(C)cc3)N(C)C)cs2)cc1. The lowest BCUT2D eigenvalue weighted by molar-refractivity contribution is -0.120. The first-order valence-electron chi connectivity index (χ1n) is 9.43. The third-order valence-corrected chi connectivity index (χ3v) is 5.71. The molecule has 1 amide bonds. The van der Waals surface area contributed by atoms with Crippen molar-refractivity contribution < 1.29 is 4.79 Å². The number of hydrogen-bond acceptors (Lipinski definition) is 4. The van der Waals surface area contributed by atoms with E-state index in [0.717, 1.165) is 16.3 Å². The fraction of sp³-hybridized carbons (Fsp3) is 0.304. The van der Waals surface area contributed by atoms with E-state index in [1.165, 1.54) is 16.7 Å². The first-order valence-corrected chi connectivity index (χ1v) is 10.3. The van der Waals surface area contributed by atoms with Gasteiger partial charge in [-0.1, -0.05) is 59.7 Å². The van der Waals surface area contributed by atoms with E-state index in [9.17, 15) is 4.79 Å². The van der Waals surface area contributed by atoms with Crippen LogP contribution in [0.3, 0.4) is 0 Å². The molecule has 1 N–H and O–H groups in total. The van der Waals surface area contributed by atoms with Crippen LogP contribution in [-0.4, -0.2) is 36.4 Å². The molecule has 0 spiro atoms. The molecule has 3 rings (SSSR count). The zero-order valence-corrected chi connectivity index (χ0v) is 17.7. The molecule has 0 aliphatic rings. The van der Waals surface area contributed by atoms with Crippen molar-refractivity contribution in [3.8, 4) is 10.6 Å². The lowest BCUT2D eigenvalue weighted by Crippen LogP contribution is -2.35. The lowest BCUT2D eigenvalue weighted by atomic mass is 10.0. The van der Waals surface area contributed by atoms with Gasteiger partial charge in [0.15, 0.2) is 0 Å². The van der Waals surface area contributed by atoms with Crippen LogP contribution < -0.4 is 5.32 Å². The van der Waals surface area contributed by atoms with E-state index < -0.39 is 0 Å². The second-order valence-corrected chi connectivity index (χ2v) is 8.24. The molecule has 1 heterocycles. The number of amides is 1. The molecule has 0 aliphatic heterocycles. The van der Waals surface area contributed by atoms with Gasteiger partial charge < -0.3 is 10.2 Å². The minimum absolute atomic E-state index is 0.000261. The Morgan fingerprint density at radius 1 is 1.04 bits per heavy atom. The molecule has 5 heteroatoms. The zero-order valence-electron chi connectivity index (χ0n) is 16.9. The summed E-state index contributed by atoms with van der Waals surface area (Å²) in [5, 5.41) is 5.99. The number of hydrogen-bond donors (Lipinski definition) is 1. The highest BCUT2D eigenvalue weighted by Gasteiger charge is 2.16. The van der Waals surface area contributed by atoms with Crippen molar-refractivity contribution in [3.05, 3.63) is 76.3 Å². The van der Waals surface area contributed by atoms with Crippen LogP contribution in [0.2, 0.25) is 0 Å². The Morgan fingerprint density at radius 3 is 2.25 bits per heavy atom. The van der Waals surface area contributed by atoms with E-state index in [0.29, 0.717) is 13.0 Å². The molecule has 1 aromatic heterocycles. The van der Waals surface area contributed by atoms with Crippen LogP contribution in [0.5, 0.6) is 0 Å². The maximum absolute atomic E-state index is 12.5. The first kappa shape index (κ1) is 20.2. The zero-order chi connectivity index (χ0) is 20.1. The number of benzene rings is 2. The van der Waals surface area contributed by atoms with Gasteiger partial charge in [-0.25, -0.2) is 4.98 Å². The molecule has 0 aliphatic carbocycles. The van der Waals surface area contributed by atoms with Crippen molar-refractivity contribution in [3.63, 3.8) is 0 Å². The van der Waals surface area contributed by atoms with E-state index in [4.69, 9.17) is 0 Å². The second-order valence-electron chi connectivity index (χ2n) is 7.38. The van der Waals surface area contributed by atoms with Gasteiger partial charge in [0.2, 0.25) is 5.91 Å². The van der Waals surface area contributed by atoms with E-state index in [2.05, 4.69) is 77.6 Å². The number of aromatic nitrogens is 1. The number of carbonyl (C=O) groups is 1. The third kappa shape index (κ3) is 5.27. The predicted molar refractivity (Wildman–Crippen MR) is 117 cm³/mol. The monoisotopic (exact) mass is 393 g/mol. The van der Waals surface area contributed by atoms with Gasteiger partial charge in [0.25, 0.3) is 0 Å². The summed E-state index contributed by atoms with van der Waals surface area (Å²) >= 11 is 1.58. The molecule has 0 radical (unpaired) electrons. The van der Waals surface area contributed by atoms with Crippen LogP contribution in [0.1, 0.15) is 28.4 Å². The Hall–Kier alpha value is -2.50. The molecule has 28 heavy (non-hydrogen) atoms. The average molecular weight is 394 g/mol. The second kappa shape index (κ2) is 9.13. The summed E-state index contributed by atoms with van der Waals surface area (Å²) in [5.41, 5.74) is 5.57. The van der Waals surface area contributed by atoms with Gasteiger partial charge in [0.05, 0.1) is 18.2 Å². The quantitative estimate of drug-likeness (QED) is 0.648. The van der Waals surface area contributed by atoms with Gasteiger partial charge in [-0.3, -0.25) is 4.79 Å². The van der Waals surface area contributed by atoms with Gasteiger partial charge in [0.1, 0.15) is 5.01 Å². The fourth-order valence-electron chi connectivity index (χ4n) is 3.04. The standard InChI is InChI=1S/C23H27N3OS/c1-16-5-9-18(10-6-16)21(26(3)4)14-24-22(27)13-20-15-28-23(25-20)19-11-7-17(2)8-12-19/h5-12,15,21H,13-14H2,1-4H3,(H,24,27). The minimum Gasteiger partial charge on any atom is -0.354 e. The highest BCUT2D eigenvalue weighted by atomic mass is 32.1. The number of rotatable bonds is 7. The first-order chi connectivity index (χ1) is 13.4. The molecule has 1 atom stereocenters. The molecule has 4 nitrogen and oxygen atoms in total. The minimum atomic E-state index is -0.000261. The number of likely N-dealkylation sites (N-methyl/N-ethyl adjacent to an activating group) is 1. The lowest BCUT2D eigenvalue weighted by Gasteiger charge is -2.25. The van der Waals surface area contributed by atoms with Gasteiger partial charge in [-0.05, 0) is 33.5 Å². The van der Waals surface area contributed by atoms with E-state index in [1.54, 1.807) is 11.3 Å². The summed E-state index contributed by atoms with van der Waals surface area (Å²) in [4.78, 5) is 19.2. The van der Waals surface area contributed by atoms with Gasteiger partial charge >= 0.3 is 0 Å². The summed E-state index contributed by atoms with van der Waals surface area (Å²) in [5.74, 6) is -0.000261. The van der Waals surface area contributed by atoms with Gasteiger partial charge in [-0.2, -0.15) is 0 Å². The smallest absolute Gasteiger partial charge is 0.226 e. The molecule has 2 aromatic carbocycles. The molecule has 0 saturated heterocycles. The molecule has 0 fully saturated rings. The maximum atomic E-state index is 12.5. The number of aryl methyl sites for hydroxylation is 2. The molecular formula is C23H27N3OS. The van der Waals surface area contributed by atoms with Crippen molar-refractivity contribution in [1.82, 2.24) is 15.2 Å². The fourth-order valence-corrected chi connectivity index (χ4v) is 3.87. The van der Waals surface area contributed by atoms with Crippen LogP contribution in [0, 0.1) is 13.8 Å². The Labute approximate surface area is 171 Å². The van der Waals surface area contributed by atoms with Crippen molar-refractivity contribution >= 4 is 17.2 Å². The molecule has 0 bridgehead atoms. The molecular weight excluding hydrogens is 366 g/mol. The largest absolute Gasteiger partial charge is 0.354 e. The summed E-state index contributed by atoms with van der Waals surface area (Å²) < 4.78 is 0. The van der Waals surface area contributed by atoms with Crippen LogP contribution in [0.25, 0.3) is 10.6 Å². The number of nitrogens with one attached hydrogen (secondary N) is 1. The molecule has 0 saturated carbocycles. The molecule has 1 unspecified atom stereocenters. The average Bonchev–Trinajstić information content (AvgIpc) is 3.12. The van der Waals surface area contributed by atoms with Gasteiger partial charge in [-0.15, -0.1) is 11.3 Å². The summed E-state index contributed by atoms with van der Waals surface area (Å²) in [7, 11) is 4.07. The van der Waals surface area contributed by atoms with Crippen molar-refractivity contribution in [2.75, 3.05) is 20.6 Å². The maximum Gasteiger partial charge on any atom is 0.226 e. The van der Waals surface area contributed by atoms with Crippen LogP contribution in [-0.2, 0) is 11.2 Å².